The largest absolute Gasteiger partial charge is 0.501 e. The fourth-order valence-electron chi connectivity index (χ4n) is 3.42. The van der Waals surface area contributed by atoms with Gasteiger partial charge in [0.15, 0.2) is 0 Å². The van der Waals surface area contributed by atoms with E-state index in [1.54, 1.807) is 0 Å². The van der Waals surface area contributed by atoms with Gasteiger partial charge in [-0.25, -0.2) is 0 Å². The van der Waals surface area contributed by atoms with E-state index in [0.717, 1.165) is 19.6 Å². The molecule has 1 aliphatic heterocycles. The van der Waals surface area contributed by atoms with Gasteiger partial charge in [0.2, 0.25) is 0 Å². The van der Waals surface area contributed by atoms with Gasteiger partial charge in [-0.3, -0.25) is 0 Å². The van der Waals surface area contributed by atoms with E-state index < -0.39 is 0 Å². The van der Waals surface area contributed by atoms with Crippen molar-refractivity contribution >= 4 is 0 Å². The maximum atomic E-state index is 5.60. The first-order valence-corrected chi connectivity index (χ1v) is 7.96. The third-order valence-corrected chi connectivity index (χ3v) is 4.62. The van der Waals surface area contributed by atoms with E-state index in [4.69, 9.17) is 4.74 Å². The van der Waals surface area contributed by atoms with Gasteiger partial charge in [-0.05, 0) is 49.8 Å². The summed E-state index contributed by atoms with van der Waals surface area (Å²) in [5.41, 5.74) is 3.26. The molecule has 2 nitrogen and oxygen atoms in total. The molecule has 2 heteroatoms. The van der Waals surface area contributed by atoms with E-state index in [1.807, 2.05) is 6.26 Å². The second kappa shape index (κ2) is 6.01. The minimum Gasteiger partial charge on any atom is -0.501 e. The number of rotatable bonds is 6. The predicted octanol–water partition coefficient (Wildman–Crippen LogP) is 3.78. The lowest BCUT2D eigenvalue weighted by Crippen LogP contribution is -2.42. The standard InChI is InChI=1S/C18H25NO/c1-2-12-19-17(15-7-6-13-20-14-15)18(10-11-18)16-8-4-3-5-9-16/h3-5,8-9,14,17,19H,2,6-7,10-13H2,1H3. The SMILES string of the molecule is CCCNC(C1=COCCC1)C1(c2ccccc2)CC1. The van der Waals surface area contributed by atoms with Crippen LogP contribution < -0.4 is 5.32 Å². The van der Waals surface area contributed by atoms with Crippen molar-refractivity contribution in [2.45, 2.75) is 50.5 Å². The van der Waals surface area contributed by atoms with E-state index in [2.05, 4.69) is 42.6 Å². The number of hydrogen-bond acceptors (Lipinski definition) is 2. The molecule has 1 aliphatic carbocycles. The van der Waals surface area contributed by atoms with E-state index in [0.29, 0.717) is 11.5 Å². The van der Waals surface area contributed by atoms with Crippen molar-refractivity contribution in [1.29, 1.82) is 0 Å². The second-order valence-corrected chi connectivity index (χ2v) is 6.08. The Balaban J connectivity index is 1.87. The quantitative estimate of drug-likeness (QED) is 0.850. The average molecular weight is 271 g/mol. The number of benzene rings is 1. The monoisotopic (exact) mass is 271 g/mol. The van der Waals surface area contributed by atoms with Crippen LogP contribution in [0.1, 0.15) is 44.6 Å². The van der Waals surface area contributed by atoms with Crippen molar-refractivity contribution in [2.24, 2.45) is 0 Å². The van der Waals surface area contributed by atoms with Crippen molar-refractivity contribution in [3.8, 4) is 0 Å². The first-order valence-electron chi connectivity index (χ1n) is 7.96. The fraction of sp³-hybridized carbons (Fsp3) is 0.556. The molecule has 0 aromatic heterocycles. The summed E-state index contributed by atoms with van der Waals surface area (Å²) in [5.74, 6) is 0. The molecule has 0 saturated heterocycles. The van der Waals surface area contributed by atoms with Crippen LogP contribution in [0.3, 0.4) is 0 Å². The Bertz CT molecular complexity index is 462. The number of ether oxygens (including phenoxy) is 1. The lowest BCUT2D eigenvalue weighted by Gasteiger charge is -2.32. The fourth-order valence-corrected chi connectivity index (χ4v) is 3.42. The Hall–Kier alpha value is -1.28. The molecule has 108 valence electrons. The molecule has 0 amide bonds. The van der Waals surface area contributed by atoms with Crippen molar-refractivity contribution < 1.29 is 4.74 Å². The lowest BCUT2D eigenvalue weighted by atomic mass is 9.82. The molecule has 1 aromatic rings. The van der Waals surface area contributed by atoms with Gasteiger partial charge in [-0.1, -0.05) is 37.3 Å². The summed E-state index contributed by atoms with van der Waals surface area (Å²) < 4.78 is 5.60. The first-order chi connectivity index (χ1) is 9.87. The van der Waals surface area contributed by atoms with Crippen LogP contribution in [0.15, 0.2) is 42.2 Å². The molecular weight excluding hydrogens is 246 g/mol. The molecule has 0 spiro atoms. The highest BCUT2D eigenvalue weighted by atomic mass is 16.5. The average Bonchev–Trinajstić information content (AvgIpc) is 3.31. The molecule has 3 rings (SSSR count). The van der Waals surface area contributed by atoms with Crippen LogP contribution in [0.5, 0.6) is 0 Å². The van der Waals surface area contributed by atoms with Crippen molar-refractivity contribution in [1.82, 2.24) is 5.32 Å². The van der Waals surface area contributed by atoms with Gasteiger partial charge in [0.25, 0.3) is 0 Å². The number of nitrogens with one attached hydrogen (secondary N) is 1. The minimum atomic E-state index is 0.308. The smallest absolute Gasteiger partial charge is 0.0876 e. The molecule has 1 unspecified atom stereocenters. The number of hydrogen-bond donors (Lipinski definition) is 1. The topological polar surface area (TPSA) is 21.3 Å². The highest BCUT2D eigenvalue weighted by molar-refractivity contribution is 5.38. The van der Waals surface area contributed by atoms with Gasteiger partial charge >= 0.3 is 0 Å². The molecule has 0 radical (unpaired) electrons. The summed E-state index contributed by atoms with van der Waals surface area (Å²) >= 11 is 0. The molecule has 0 bridgehead atoms. The molecule has 1 aromatic carbocycles. The predicted molar refractivity (Wildman–Crippen MR) is 82.7 cm³/mol. The van der Waals surface area contributed by atoms with Gasteiger partial charge in [0.05, 0.1) is 12.9 Å². The van der Waals surface area contributed by atoms with E-state index in [1.165, 1.54) is 36.8 Å². The van der Waals surface area contributed by atoms with E-state index >= 15 is 0 Å². The second-order valence-electron chi connectivity index (χ2n) is 6.08. The van der Waals surface area contributed by atoms with E-state index in [9.17, 15) is 0 Å². The Morgan fingerprint density at radius 2 is 2.05 bits per heavy atom. The zero-order valence-corrected chi connectivity index (χ0v) is 12.4. The highest BCUT2D eigenvalue weighted by Crippen LogP contribution is 2.53. The molecule has 1 heterocycles. The third-order valence-electron chi connectivity index (χ3n) is 4.62. The Morgan fingerprint density at radius 1 is 1.25 bits per heavy atom. The minimum absolute atomic E-state index is 0.308. The molecule has 2 aliphatic rings. The van der Waals surface area contributed by atoms with Gasteiger partial charge in [0, 0.05) is 11.5 Å². The Morgan fingerprint density at radius 3 is 2.65 bits per heavy atom. The Kier molecular flexibility index (Phi) is 4.11. The highest BCUT2D eigenvalue weighted by Gasteiger charge is 2.51. The summed E-state index contributed by atoms with van der Waals surface area (Å²) in [7, 11) is 0. The van der Waals surface area contributed by atoms with Crippen LogP contribution >= 0.6 is 0 Å². The Labute approximate surface area is 122 Å². The maximum Gasteiger partial charge on any atom is 0.0876 e. The normalized spacial score (nSPS) is 21.8. The first kappa shape index (κ1) is 13.7. The van der Waals surface area contributed by atoms with Crippen LogP contribution in [0.2, 0.25) is 0 Å². The molecule has 1 fully saturated rings. The van der Waals surface area contributed by atoms with Crippen LogP contribution in [-0.2, 0) is 10.2 Å². The molecule has 1 N–H and O–H groups in total. The van der Waals surface area contributed by atoms with Crippen LogP contribution in [0, 0.1) is 0 Å². The van der Waals surface area contributed by atoms with Crippen molar-refractivity contribution in [3.63, 3.8) is 0 Å². The van der Waals surface area contributed by atoms with Gasteiger partial charge in [0.1, 0.15) is 0 Å². The molecule has 1 saturated carbocycles. The molecule has 1 atom stereocenters. The van der Waals surface area contributed by atoms with Crippen LogP contribution in [0.25, 0.3) is 0 Å². The van der Waals surface area contributed by atoms with Crippen LogP contribution in [0.4, 0.5) is 0 Å². The maximum absolute atomic E-state index is 5.60. The summed E-state index contributed by atoms with van der Waals surface area (Å²) in [6, 6.07) is 11.5. The molecular formula is C18H25NO. The zero-order valence-electron chi connectivity index (χ0n) is 12.4. The molecule has 20 heavy (non-hydrogen) atoms. The summed E-state index contributed by atoms with van der Waals surface area (Å²) in [6.45, 7) is 4.19. The lowest BCUT2D eigenvalue weighted by molar-refractivity contribution is 0.216. The summed E-state index contributed by atoms with van der Waals surface area (Å²) in [4.78, 5) is 0. The third kappa shape index (κ3) is 2.62. The van der Waals surface area contributed by atoms with Gasteiger partial charge in [-0.15, -0.1) is 0 Å². The van der Waals surface area contributed by atoms with Gasteiger partial charge < -0.3 is 10.1 Å². The van der Waals surface area contributed by atoms with Crippen molar-refractivity contribution in [3.05, 3.63) is 47.7 Å². The van der Waals surface area contributed by atoms with Crippen LogP contribution in [-0.4, -0.2) is 19.2 Å². The zero-order chi connectivity index (χ0) is 13.8. The van der Waals surface area contributed by atoms with Crippen molar-refractivity contribution in [2.75, 3.05) is 13.2 Å². The van der Waals surface area contributed by atoms with Gasteiger partial charge in [-0.2, -0.15) is 0 Å². The summed E-state index contributed by atoms with van der Waals surface area (Å²) in [5, 5.41) is 3.79. The summed E-state index contributed by atoms with van der Waals surface area (Å²) in [6.07, 6.45) is 8.11. The van der Waals surface area contributed by atoms with E-state index in [-0.39, 0.29) is 0 Å².